The van der Waals surface area contributed by atoms with Gasteiger partial charge in [0.15, 0.2) is 5.82 Å². The van der Waals surface area contributed by atoms with Crippen LogP contribution in [0.1, 0.15) is 5.56 Å². The van der Waals surface area contributed by atoms with E-state index in [-0.39, 0.29) is 12.1 Å². The minimum absolute atomic E-state index is 0.00973. The van der Waals surface area contributed by atoms with Crippen LogP contribution in [0.25, 0.3) is 11.0 Å². The molecule has 0 atom stereocenters. The number of aryl methyl sites for hydroxylation is 1. The van der Waals surface area contributed by atoms with Crippen molar-refractivity contribution in [2.75, 3.05) is 18.4 Å². The van der Waals surface area contributed by atoms with Crippen LogP contribution in [0, 0.1) is 12.7 Å². The number of hydrogen-bond donors (Lipinski definition) is 4. The molecule has 6 heteroatoms. The Bertz CT molecular complexity index is 544. The van der Waals surface area contributed by atoms with Gasteiger partial charge in [0.25, 0.3) is 0 Å². The zero-order chi connectivity index (χ0) is 11.8. The number of aromatic amines is 1. The molecule has 1 aromatic carbocycles. The van der Waals surface area contributed by atoms with Crippen LogP contribution in [0.15, 0.2) is 12.4 Å². The minimum Gasteiger partial charge on any atom is -0.357 e. The van der Waals surface area contributed by atoms with Crippen molar-refractivity contribution >= 4 is 16.7 Å². The molecule has 90 valence electrons. The summed E-state index contributed by atoms with van der Waals surface area (Å²) < 4.78 is 13.8. The minimum atomic E-state index is -0.288. The second-order valence-corrected chi connectivity index (χ2v) is 4.14. The van der Waals surface area contributed by atoms with Gasteiger partial charge in [-0.05, 0) is 13.0 Å². The highest BCUT2D eigenvalue weighted by Crippen LogP contribution is 2.25. The van der Waals surface area contributed by atoms with E-state index >= 15 is 0 Å². The third kappa shape index (κ3) is 1.75. The van der Waals surface area contributed by atoms with Crippen LogP contribution in [0.5, 0.6) is 0 Å². The summed E-state index contributed by atoms with van der Waals surface area (Å²) in [5.41, 5.74) is 2.83. The number of rotatable bonds is 2. The fourth-order valence-electron chi connectivity index (χ4n) is 2.11. The van der Waals surface area contributed by atoms with Crippen molar-refractivity contribution in [3.05, 3.63) is 23.8 Å². The number of imidazole rings is 1. The maximum atomic E-state index is 13.8. The summed E-state index contributed by atoms with van der Waals surface area (Å²) in [7, 11) is 0. The Morgan fingerprint density at radius 3 is 2.94 bits per heavy atom. The average Bonchev–Trinajstić information content (AvgIpc) is 2.96. The molecular weight excluding hydrogens is 221 g/mol. The van der Waals surface area contributed by atoms with E-state index in [0.29, 0.717) is 11.0 Å². The monoisotopic (exact) mass is 235 g/mol. The molecular formula is C11H14FN5. The van der Waals surface area contributed by atoms with Crippen LogP contribution in [0.4, 0.5) is 10.1 Å². The number of nitrogens with zero attached hydrogens (tertiary/aromatic N) is 1. The topological polar surface area (TPSA) is 64.8 Å². The van der Waals surface area contributed by atoms with Crippen LogP contribution in [0.2, 0.25) is 0 Å². The van der Waals surface area contributed by atoms with Gasteiger partial charge in [0.05, 0.1) is 11.8 Å². The SMILES string of the molecule is Cc1c(NC2NCCN2)cc(F)c2[nH]cnc12. The molecule has 0 radical (unpaired) electrons. The molecule has 0 spiro atoms. The molecule has 17 heavy (non-hydrogen) atoms. The third-order valence-electron chi connectivity index (χ3n) is 3.03. The van der Waals surface area contributed by atoms with Crippen molar-refractivity contribution in [1.29, 1.82) is 0 Å². The van der Waals surface area contributed by atoms with E-state index in [9.17, 15) is 4.39 Å². The predicted octanol–water partition coefficient (Wildman–Crippen LogP) is 0.899. The maximum absolute atomic E-state index is 13.8. The quantitative estimate of drug-likeness (QED) is 0.624. The van der Waals surface area contributed by atoms with Gasteiger partial charge in [-0.3, -0.25) is 10.6 Å². The summed E-state index contributed by atoms with van der Waals surface area (Å²) in [6, 6.07) is 1.50. The van der Waals surface area contributed by atoms with Gasteiger partial charge in [-0.25, -0.2) is 9.37 Å². The molecule has 1 aliphatic heterocycles. The fourth-order valence-corrected chi connectivity index (χ4v) is 2.11. The van der Waals surface area contributed by atoms with E-state index in [4.69, 9.17) is 0 Å². The molecule has 1 saturated heterocycles. The zero-order valence-electron chi connectivity index (χ0n) is 9.47. The Labute approximate surface area is 97.8 Å². The lowest BCUT2D eigenvalue weighted by Crippen LogP contribution is -2.39. The smallest absolute Gasteiger partial charge is 0.150 e. The van der Waals surface area contributed by atoms with Crippen LogP contribution in [0.3, 0.4) is 0 Å². The lowest BCUT2D eigenvalue weighted by atomic mass is 10.1. The predicted molar refractivity (Wildman–Crippen MR) is 64.2 cm³/mol. The van der Waals surface area contributed by atoms with Gasteiger partial charge in [0.2, 0.25) is 0 Å². The Morgan fingerprint density at radius 1 is 1.41 bits per heavy atom. The number of benzene rings is 1. The molecule has 5 nitrogen and oxygen atoms in total. The maximum Gasteiger partial charge on any atom is 0.150 e. The summed E-state index contributed by atoms with van der Waals surface area (Å²) in [5.74, 6) is -0.288. The molecule has 0 aliphatic carbocycles. The molecule has 1 aromatic heterocycles. The molecule has 3 rings (SSSR count). The Balaban J connectivity index is 2.00. The Morgan fingerprint density at radius 2 is 2.18 bits per heavy atom. The number of anilines is 1. The third-order valence-corrected chi connectivity index (χ3v) is 3.03. The van der Waals surface area contributed by atoms with E-state index in [1.165, 1.54) is 12.4 Å². The largest absolute Gasteiger partial charge is 0.357 e. The first kappa shape index (κ1) is 10.5. The highest BCUT2D eigenvalue weighted by Gasteiger charge is 2.16. The van der Waals surface area contributed by atoms with E-state index in [1.54, 1.807) is 0 Å². The number of halogens is 1. The van der Waals surface area contributed by atoms with E-state index in [2.05, 4.69) is 25.9 Å². The van der Waals surface area contributed by atoms with Crippen molar-refractivity contribution in [2.24, 2.45) is 0 Å². The molecule has 0 saturated carbocycles. The highest BCUT2D eigenvalue weighted by atomic mass is 19.1. The van der Waals surface area contributed by atoms with Gasteiger partial charge in [0, 0.05) is 24.3 Å². The van der Waals surface area contributed by atoms with Gasteiger partial charge in [0.1, 0.15) is 11.8 Å². The normalized spacial score (nSPS) is 16.8. The second-order valence-electron chi connectivity index (χ2n) is 4.14. The van der Waals surface area contributed by atoms with Crippen LogP contribution < -0.4 is 16.0 Å². The van der Waals surface area contributed by atoms with Gasteiger partial charge in [-0.1, -0.05) is 0 Å². The summed E-state index contributed by atoms with van der Waals surface area (Å²) >= 11 is 0. The first-order chi connectivity index (χ1) is 8.25. The second kappa shape index (κ2) is 3.97. The molecule has 2 heterocycles. The van der Waals surface area contributed by atoms with Crippen LogP contribution in [-0.2, 0) is 0 Å². The van der Waals surface area contributed by atoms with E-state index in [0.717, 1.165) is 24.3 Å². The molecule has 0 bridgehead atoms. The lowest BCUT2D eigenvalue weighted by molar-refractivity contribution is 0.615. The van der Waals surface area contributed by atoms with Gasteiger partial charge >= 0.3 is 0 Å². The first-order valence-corrected chi connectivity index (χ1v) is 5.61. The zero-order valence-corrected chi connectivity index (χ0v) is 9.47. The average molecular weight is 235 g/mol. The molecule has 1 fully saturated rings. The van der Waals surface area contributed by atoms with Crippen LogP contribution >= 0.6 is 0 Å². The number of hydrogen-bond acceptors (Lipinski definition) is 4. The fraction of sp³-hybridized carbons (Fsp3) is 0.364. The first-order valence-electron chi connectivity index (χ1n) is 5.61. The number of H-pyrrole nitrogens is 1. The number of aromatic nitrogens is 2. The number of nitrogens with one attached hydrogen (secondary N) is 4. The summed E-state index contributed by atoms with van der Waals surface area (Å²) in [6.45, 7) is 3.74. The Kier molecular flexibility index (Phi) is 2.45. The van der Waals surface area contributed by atoms with Crippen molar-refractivity contribution in [3.63, 3.8) is 0 Å². The lowest BCUT2D eigenvalue weighted by Gasteiger charge is -2.16. The van der Waals surface area contributed by atoms with E-state index in [1.807, 2.05) is 6.92 Å². The van der Waals surface area contributed by atoms with Gasteiger partial charge < -0.3 is 10.3 Å². The van der Waals surface area contributed by atoms with E-state index < -0.39 is 0 Å². The number of fused-ring (bicyclic) bond motifs is 1. The van der Waals surface area contributed by atoms with Crippen LogP contribution in [-0.4, -0.2) is 29.3 Å². The van der Waals surface area contributed by atoms with Crippen molar-refractivity contribution in [2.45, 2.75) is 13.2 Å². The van der Waals surface area contributed by atoms with Gasteiger partial charge in [-0.15, -0.1) is 0 Å². The van der Waals surface area contributed by atoms with Crippen molar-refractivity contribution in [1.82, 2.24) is 20.6 Å². The highest BCUT2D eigenvalue weighted by molar-refractivity contribution is 5.84. The summed E-state index contributed by atoms with van der Waals surface area (Å²) in [5, 5.41) is 9.66. The summed E-state index contributed by atoms with van der Waals surface area (Å²) in [6.07, 6.45) is 1.50. The molecule has 2 aromatic rings. The van der Waals surface area contributed by atoms with Gasteiger partial charge in [-0.2, -0.15) is 0 Å². The van der Waals surface area contributed by atoms with Crippen molar-refractivity contribution in [3.8, 4) is 0 Å². The standard InChI is InChI=1S/C11H14FN5/c1-6-8(17-11-13-2-3-14-11)4-7(12)10-9(6)15-5-16-10/h4-5,11,13-14,17H,2-3H2,1H3,(H,15,16). The van der Waals surface area contributed by atoms with Crippen molar-refractivity contribution < 1.29 is 4.39 Å². The molecule has 4 N–H and O–H groups in total. The molecule has 0 unspecified atom stereocenters. The molecule has 0 amide bonds. The Hall–Kier alpha value is -1.66. The molecule has 1 aliphatic rings. The summed E-state index contributed by atoms with van der Waals surface area (Å²) in [4.78, 5) is 6.94.